The van der Waals surface area contributed by atoms with Crippen molar-refractivity contribution < 1.29 is 9.59 Å². The van der Waals surface area contributed by atoms with Crippen molar-refractivity contribution in [1.82, 2.24) is 14.8 Å². The molecule has 0 radical (unpaired) electrons. The van der Waals surface area contributed by atoms with Crippen molar-refractivity contribution in [2.75, 3.05) is 38.0 Å². The van der Waals surface area contributed by atoms with E-state index in [0.29, 0.717) is 37.6 Å². The van der Waals surface area contributed by atoms with Crippen molar-refractivity contribution in [2.45, 2.75) is 26.2 Å². The Kier molecular flexibility index (Phi) is 5.92. The van der Waals surface area contributed by atoms with E-state index < -0.39 is 0 Å². The zero-order chi connectivity index (χ0) is 19.4. The van der Waals surface area contributed by atoms with Crippen LogP contribution in [0.1, 0.15) is 35.5 Å². The molecule has 0 bridgehead atoms. The maximum absolute atomic E-state index is 12.7. The second kappa shape index (κ2) is 8.19. The fraction of sp³-hybridized carbons (Fsp3) is 0.450. The Morgan fingerprint density at radius 2 is 1.78 bits per heavy atom. The Morgan fingerprint density at radius 3 is 2.37 bits per heavy atom. The Bertz CT molecular complexity index is 790. The summed E-state index contributed by atoms with van der Waals surface area (Å²) in [7, 11) is 0. The Labute approximate surface area is 164 Å². The van der Waals surface area contributed by atoms with Gasteiger partial charge in [-0.25, -0.2) is 4.98 Å². The lowest BCUT2D eigenvalue weighted by Crippen LogP contribution is -2.50. The molecule has 2 amide bonds. The molecule has 2 heterocycles. The molecule has 2 aromatic rings. The zero-order valence-electron chi connectivity index (χ0n) is 16.1. The van der Waals surface area contributed by atoms with Crippen molar-refractivity contribution in [2.24, 2.45) is 0 Å². The van der Waals surface area contributed by atoms with E-state index in [9.17, 15) is 9.59 Å². The first-order valence-corrected chi connectivity index (χ1v) is 9.97. The number of anilines is 1. The van der Waals surface area contributed by atoms with E-state index in [1.54, 1.807) is 6.20 Å². The molecule has 0 aliphatic carbocycles. The number of nitrogens with one attached hydrogen (secondary N) is 1. The van der Waals surface area contributed by atoms with E-state index in [0.717, 1.165) is 10.7 Å². The van der Waals surface area contributed by atoms with E-state index in [1.165, 1.54) is 11.3 Å². The number of hydrogen-bond acceptors (Lipinski definition) is 5. The van der Waals surface area contributed by atoms with Crippen molar-refractivity contribution in [1.29, 1.82) is 0 Å². The van der Waals surface area contributed by atoms with Gasteiger partial charge in [0.2, 0.25) is 5.91 Å². The minimum absolute atomic E-state index is 0.0294. The van der Waals surface area contributed by atoms with Crippen LogP contribution in [-0.2, 0) is 10.2 Å². The smallest absolute Gasteiger partial charge is 0.265 e. The third kappa shape index (κ3) is 5.14. The molecule has 27 heavy (non-hydrogen) atoms. The lowest BCUT2D eigenvalue weighted by Gasteiger charge is -2.34. The van der Waals surface area contributed by atoms with Crippen LogP contribution in [0.2, 0.25) is 0 Å². The number of amides is 2. The highest BCUT2D eigenvalue weighted by molar-refractivity contribution is 7.13. The molecular weight excluding hydrogens is 360 g/mol. The number of hydrogen-bond donors (Lipinski definition) is 1. The summed E-state index contributed by atoms with van der Waals surface area (Å²) in [5.74, 6) is 0.00893. The van der Waals surface area contributed by atoms with Crippen LogP contribution in [0, 0.1) is 0 Å². The number of aromatic nitrogens is 1. The number of carbonyl (C=O) groups is 2. The van der Waals surface area contributed by atoms with Crippen LogP contribution < -0.4 is 5.32 Å². The lowest BCUT2D eigenvalue weighted by atomic mass is 9.98. The molecule has 0 atom stereocenters. The fourth-order valence-electron chi connectivity index (χ4n) is 2.91. The van der Waals surface area contributed by atoms with E-state index in [-0.39, 0.29) is 17.2 Å². The van der Waals surface area contributed by atoms with Gasteiger partial charge in [-0.1, -0.05) is 39.0 Å². The van der Waals surface area contributed by atoms with E-state index in [1.807, 2.05) is 35.2 Å². The number of benzene rings is 1. The van der Waals surface area contributed by atoms with Gasteiger partial charge in [-0.3, -0.25) is 14.5 Å². The van der Waals surface area contributed by atoms with Crippen molar-refractivity contribution in [3.63, 3.8) is 0 Å². The predicted molar refractivity (Wildman–Crippen MR) is 108 cm³/mol. The van der Waals surface area contributed by atoms with Crippen LogP contribution in [0.3, 0.4) is 0 Å². The molecule has 1 aliphatic heterocycles. The summed E-state index contributed by atoms with van der Waals surface area (Å²) < 4.78 is 0. The van der Waals surface area contributed by atoms with Crippen LogP contribution >= 0.6 is 11.3 Å². The molecule has 0 unspecified atom stereocenters. The Balaban J connectivity index is 1.49. The average Bonchev–Trinajstić information content (AvgIpc) is 3.13. The highest BCUT2D eigenvalue weighted by Gasteiger charge is 2.26. The first-order valence-electron chi connectivity index (χ1n) is 9.16. The molecule has 3 rings (SSSR count). The highest BCUT2D eigenvalue weighted by Crippen LogP contribution is 2.27. The van der Waals surface area contributed by atoms with Gasteiger partial charge in [0.1, 0.15) is 4.88 Å². The molecule has 1 aromatic carbocycles. The third-order valence-electron chi connectivity index (χ3n) is 4.44. The first-order chi connectivity index (χ1) is 12.8. The van der Waals surface area contributed by atoms with Crippen LogP contribution in [-0.4, -0.2) is 59.3 Å². The van der Waals surface area contributed by atoms with Gasteiger partial charge >= 0.3 is 0 Å². The maximum Gasteiger partial charge on any atom is 0.265 e. The van der Waals surface area contributed by atoms with Crippen molar-refractivity contribution >= 4 is 28.8 Å². The summed E-state index contributed by atoms with van der Waals surface area (Å²) in [5.41, 5.74) is 0.754. The zero-order valence-corrected chi connectivity index (χ0v) is 16.9. The SMILES string of the molecule is CC(C)(C)c1ncc(C(=O)N2CCN(CC(=O)Nc3ccccc3)CC2)s1. The number of carbonyl (C=O) groups excluding carboxylic acids is 2. The first kappa shape index (κ1) is 19.5. The molecule has 1 N–H and O–H groups in total. The van der Waals surface area contributed by atoms with Crippen molar-refractivity contribution in [3.8, 4) is 0 Å². The van der Waals surface area contributed by atoms with Crippen LogP contribution in [0.25, 0.3) is 0 Å². The molecule has 0 saturated carbocycles. The number of rotatable bonds is 4. The molecule has 1 saturated heterocycles. The summed E-state index contributed by atoms with van der Waals surface area (Å²) in [6, 6.07) is 9.44. The van der Waals surface area contributed by atoms with Crippen LogP contribution in [0.4, 0.5) is 5.69 Å². The molecule has 6 nitrogen and oxygen atoms in total. The van der Waals surface area contributed by atoms with E-state index in [2.05, 4.69) is 36.0 Å². The van der Waals surface area contributed by atoms with Gasteiger partial charge in [0.05, 0.1) is 17.7 Å². The summed E-state index contributed by atoms with van der Waals surface area (Å²) >= 11 is 1.47. The number of para-hydroxylation sites is 1. The Hall–Kier alpha value is -2.25. The number of nitrogens with zero attached hydrogens (tertiary/aromatic N) is 3. The predicted octanol–water partition coefficient (Wildman–Crippen LogP) is 2.84. The van der Waals surface area contributed by atoms with Crippen molar-refractivity contribution in [3.05, 3.63) is 46.4 Å². The third-order valence-corrected chi connectivity index (χ3v) is 5.85. The molecule has 1 aliphatic rings. The molecule has 144 valence electrons. The number of thiazole rings is 1. The fourth-order valence-corrected chi connectivity index (χ4v) is 3.85. The molecule has 7 heteroatoms. The minimum Gasteiger partial charge on any atom is -0.335 e. The summed E-state index contributed by atoms with van der Waals surface area (Å²) in [6.45, 7) is 9.27. The topological polar surface area (TPSA) is 65.5 Å². The number of piperazine rings is 1. The quantitative estimate of drug-likeness (QED) is 0.878. The minimum atomic E-state index is -0.0476. The average molecular weight is 387 g/mol. The van der Waals surface area contributed by atoms with Gasteiger partial charge in [-0.05, 0) is 12.1 Å². The molecule has 1 aromatic heterocycles. The second-order valence-corrected chi connectivity index (χ2v) is 8.79. The molecule has 0 spiro atoms. The molecular formula is C20H26N4O2S. The summed E-state index contributed by atoms with van der Waals surface area (Å²) in [6.07, 6.45) is 1.69. The molecule has 1 fully saturated rings. The van der Waals surface area contributed by atoms with Gasteiger partial charge < -0.3 is 10.2 Å². The maximum atomic E-state index is 12.7. The van der Waals surface area contributed by atoms with Gasteiger partial charge in [-0.15, -0.1) is 11.3 Å². The highest BCUT2D eigenvalue weighted by atomic mass is 32.1. The van der Waals surface area contributed by atoms with Gasteiger partial charge in [0, 0.05) is 37.3 Å². The van der Waals surface area contributed by atoms with Gasteiger partial charge in [0.15, 0.2) is 0 Å². The standard InChI is InChI=1S/C20H26N4O2S/c1-20(2,3)19-21-13-16(27-19)18(26)24-11-9-23(10-12-24)14-17(25)22-15-7-5-4-6-8-15/h4-8,13H,9-12,14H2,1-3H3,(H,22,25). The monoisotopic (exact) mass is 386 g/mol. The Morgan fingerprint density at radius 1 is 1.11 bits per heavy atom. The van der Waals surface area contributed by atoms with Crippen LogP contribution in [0.5, 0.6) is 0 Å². The van der Waals surface area contributed by atoms with Crippen LogP contribution in [0.15, 0.2) is 36.5 Å². The largest absolute Gasteiger partial charge is 0.335 e. The normalized spacial score (nSPS) is 15.6. The van der Waals surface area contributed by atoms with Gasteiger partial charge in [0.25, 0.3) is 5.91 Å². The van der Waals surface area contributed by atoms with Gasteiger partial charge in [-0.2, -0.15) is 0 Å². The summed E-state index contributed by atoms with van der Waals surface area (Å²) in [4.78, 5) is 33.9. The second-order valence-electron chi connectivity index (χ2n) is 7.76. The van der Waals surface area contributed by atoms with E-state index >= 15 is 0 Å². The lowest BCUT2D eigenvalue weighted by molar-refractivity contribution is -0.117. The van der Waals surface area contributed by atoms with E-state index in [4.69, 9.17) is 0 Å². The summed E-state index contributed by atoms with van der Waals surface area (Å²) in [5, 5.41) is 3.87.